The Morgan fingerprint density at radius 2 is 1.81 bits per heavy atom. The molecule has 0 saturated carbocycles. The van der Waals surface area contributed by atoms with Crippen LogP contribution in [0.4, 0.5) is 10.1 Å². The van der Waals surface area contributed by atoms with E-state index in [0.717, 1.165) is 35.8 Å². The van der Waals surface area contributed by atoms with Gasteiger partial charge in [-0.25, -0.2) is 9.38 Å². The number of amides is 1. The molecule has 3 aliphatic heterocycles. The van der Waals surface area contributed by atoms with Crippen LogP contribution in [0.25, 0.3) is 0 Å². The number of likely N-dealkylation sites (N-methyl/N-ethyl adjacent to an activating group) is 1. The molecular formula is C35H37ClFN5O4S. The maximum Gasteiger partial charge on any atom is 0.255 e. The maximum atomic E-state index is 13.6. The highest BCUT2D eigenvalue weighted by atomic mass is 35.5. The molecule has 0 aromatic heterocycles. The largest absolute Gasteiger partial charge is 0.487 e. The van der Waals surface area contributed by atoms with Crippen LogP contribution in [0.1, 0.15) is 18.1 Å². The van der Waals surface area contributed by atoms with Gasteiger partial charge in [0, 0.05) is 44.0 Å². The molecule has 3 aromatic rings. The fraction of sp³-hybridized carbons (Fsp3) is 0.286. The predicted molar refractivity (Wildman–Crippen MR) is 186 cm³/mol. The van der Waals surface area contributed by atoms with Gasteiger partial charge in [-0.3, -0.25) is 4.79 Å². The van der Waals surface area contributed by atoms with Crippen LogP contribution in [0.15, 0.2) is 101 Å². The summed E-state index contributed by atoms with van der Waals surface area (Å²) in [5.74, 6) is 0.191. The molecule has 1 amide bonds. The second-order valence-electron chi connectivity index (χ2n) is 11.4. The first-order valence-corrected chi connectivity index (χ1v) is 17.2. The summed E-state index contributed by atoms with van der Waals surface area (Å²) >= 11 is 6.56. The molecule has 0 spiro atoms. The zero-order valence-corrected chi connectivity index (χ0v) is 27.5. The van der Waals surface area contributed by atoms with Gasteiger partial charge in [-0.05, 0) is 59.5 Å². The third kappa shape index (κ3) is 7.61. The van der Waals surface area contributed by atoms with E-state index in [-0.39, 0.29) is 12.4 Å². The predicted octanol–water partition coefficient (Wildman–Crippen LogP) is 5.00. The SMILES string of the molecule is CCN1CCN(C(=O)C(O)C(O)S2=C3C(=C(Nc4ccc(OCc5cccc(F)c5)c(Cl)c4)N=CN3Cc3ccccc3)C=C2)CC1. The average Bonchev–Trinajstić information content (AvgIpc) is 3.55. The highest BCUT2D eigenvalue weighted by Gasteiger charge is 2.36. The minimum atomic E-state index is -1.57. The second-order valence-corrected chi connectivity index (χ2v) is 13.7. The van der Waals surface area contributed by atoms with E-state index in [1.807, 2.05) is 46.7 Å². The molecule has 3 aliphatic rings. The number of aliphatic hydroxyl groups is 2. The van der Waals surface area contributed by atoms with E-state index in [4.69, 9.17) is 21.3 Å². The quantitative estimate of drug-likeness (QED) is 0.246. The molecule has 9 nitrogen and oxygen atoms in total. The molecule has 246 valence electrons. The Hall–Kier alpha value is -4.00. The van der Waals surface area contributed by atoms with Crippen LogP contribution in [0.2, 0.25) is 5.02 Å². The molecule has 0 radical (unpaired) electrons. The topological polar surface area (TPSA) is 101 Å². The fourth-order valence-corrected chi connectivity index (χ4v) is 7.90. The number of nitrogens with one attached hydrogen (secondary N) is 1. The monoisotopic (exact) mass is 677 g/mol. The molecule has 3 unspecified atom stereocenters. The normalized spacial score (nSPS) is 19.2. The zero-order valence-electron chi connectivity index (χ0n) is 25.9. The lowest BCUT2D eigenvalue weighted by molar-refractivity contribution is -0.144. The van der Waals surface area contributed by atoms with Crippen molar-refractivity contribution in [3.63, 3.8) is 0 Å². The lowest BCUT2D eigenvalue weighted by Gasteiger charge is -2.36. The number of hydrogen-bond donors (Lipinski definition) is 3. The van der Waals surface area contributed by atoms with Gasteiger partial charge in [-0.15, -0.1) is 10.5 Å². The number of carbonyl (C=O) groups is 1. The third-order valence-electron chi connectivity index (χ3n) is 8.27. The number of fused-ring (bicyclic) bond motifs is 1. The van der Waals surface area contributed by atoms with Gasteiger partial charge in [0.15, 0.2) is 6.10 Å². The van der Waals surface area contributed by atoms with Gasteiger partial charge in [-0.2, -0.15) is 0 Å². The van der Waals surface area contributed by atoms with Crippen molar-refractivity contribution in [2.75, 3.05) is 38.0 Å². The summed E-state index contributed by atoms with van der Waals surface area (Å²) in [5, 5.41) is 28.2. The van der Waals surface area contributed by atoms with E-state index in [9.17, 15) is 19.4 Å². The van der Waals surface area contributed by atoms with Crippen LogP contribution < -0.4 is 10.1 Å². The summed E-state index contributed by atoms with van der Waals surface area (Å²) in [5.41, 5.74) is 1.78. The van der Waals surface area contributed by atoms with Gasteiger partial charge >= 0.3 is 0 Å². The van der Waals surface area contributed by atoms with E-state index in [0.29, 0.717) is 47.5 Å². The summed E-state index contributed by atoms with van der Waals surface area (Å²) in [6.45, 7) is 6.14. The smallest absolute Gasteiger partial charge is 0.255 e. The Bertz CT molecular complexity index is 1740. The molecule has 3 heterocycles. The number of carbonyl (C=O) groups excluding carboxylic acids is 1. The second kappa shape index (κ2) is 14.8. The van der Waals surface area contributed by atoms with Crippen molar-refractivity contribution in [1.29, 1.82) is 0 Å². The lowest BCUT2D eigenvalue weighted by atomic mass is 10.1. The highest BCUT2D eigenvalue weighted by molar-refractivity contribution is 8.19. The van der Waals surface area contributed by atoms with E-state index in [1.165, 1.54) is 12.1 Å². The van der Waals surface area contributed by atoms with Crippen molar-refractivity contribution in [2.24, 2.45) is 4.99 Å². The van der Waals surface area contributed by atoms with E-state index in [1.54, 1.807) is 41.6 Å². The van der Waals surface area contributed by atoms with Crippen LogP contribution in [-0.4, -0.2) is 86.4 Å². The van der Waals surface area contributed by atoms with Crippen molar-refractivity contribution >= 4 is 45.0 Å². The molecule has 1 saturated heterocycles. The lowest BCUT2D eigenvalue weighted by Crippen LogP contribution is -2.53. The molecule has 6 rings (SSSR count). The Labute approximate surface area is 281 Å². The molecule has 3 aromatic carbocycles. The van der Waals surface area contributed by atoms with Gasteiger partial charge in [0.05, 0.1) is 16.3 Å². The van der Waals surface area contributed by atoms with Gasteiger partial charge in [0.25, 0.3) is 5.91 Å². The highest BCUT2D eigenvalue weighted by Crippen LogP contribution is 2.39. The van der Waals surface area contributed by atoms with Crippen LogP contribution in [-0.2, 0) is 17.9 Å². The number of hydrogen-bond acceptors (Lipinski definition) is 8. The van der Waals surface area contributed by atoms with Crippen LogP contribution in [0.3, 0.4) is 0 Å². The standard InChI is InChI=1S/C35H37ClFN5O4S/c1-2-40-14-16-41(17-15-40)33(44)31(43)35(45)47-18-13-28-32(38-23-42(34(28)47)21-24-7-4-3-5-8-24)39-27-11-12-30(29(36)20-27)46-22-25-9-6-10-26(37)19-25/h3-13,18-20,23,31,35,39,43,45H,2,14-17,21-22H2,1H3. The van der Waals surface area contributed by atoms with Gasteiger partial charge in [0.1, 0.15) is 29.4 Å². The number of aliphatic imine (C=N–C) groups is 1. The summed E-state index contributed by atoms with van der Waals surface area (Å²) in [4.78, 5) is 24.6. The number of piperazine rings is 1. The molecule has 1 fully saturated rings. The Balaban J connectivity index is 1.24. The number of ether oxygens (including phenoxy) is 1. The zero-order chi connectivity index (χ0) is 32.9. The van der Waals surface area contributed by atoms with Gasteiger partial charge in [0.2, 0.25) is 0 Å². The molecule has 3 atom stereocenters. The van der Waals surface area contributed by atoms with Crippen LogP contribution >= 0.6 is 22.1 Å². The minimum absolute atomic E-state index is 0.165. The molecule has 12 heteroatoms. The number of anilines is 1. The van der Waals surface area contributed by atoms with Crippen molar-refractivity contribution in [3.05, 3.63) is 118 Å². The number of rotatable bonds is 11. The first-order valence-electron chi connectivity index (χ1n) is 15.5. The van der Waals surface area contributed by atoms with E-state index >= 15 is 0 Å². The molecule has 3 N–H and O–H groups in total. The first kappa shape index (κ1) is 32.9. The Kier molecular flexibility index (Phi) is 10.4. The number of nitrogens with zero attached hydrogens (tertiary/aromatic N) is 4. The van der Waals surface area contributed by atoms with E-state index < -0.39 is 27.9 Å². The molecule has 0 bridgehead atoms. The van der Waals surface area contributed by atoms with Crippen molar-refractivity contribution in [2.45, 2.75) is 31.6 Å². The third-order valence-corrected chi connectivity index (χ3v) is 10.7. The number of aliphatic hydroxyl groups excluding tert-OH is 2. The van der Waals surface area contributed by atoms with E-state index in [2.05, 4.69) is 17.1 Å². The summed E-state index contributed by atoms with van der Waals surface area (Å²) in [6, 6.07) is 21.3. The van der Waals surface area contributed by atoms with Crippen molar-refractivity contribution in [3.8, 4) is 5.75 Å². The molecular weight excluding hydrogens is 641 g/mol. The van der Waals surface area contributed by atoms with Crippen molar-refractivity contribution in [1.82, 2.24) is 14.7 Å². The van der Waals surface area contributed by atoms with Crippen LogP contribution in [0.5, 0.6) is 5.75 Å². The fourth-order valence-electron chi connectivity index (χ4n) is 5.66. The van der Waals surface area contributed by atoms with Gasteiger partial charge in [-0.1, -0.05) is 61.0 Å². The first-order chi connectivity index (χ1) is 22.8. The van der Waals surface area contributed by atoms with Crippen LogP contribution in [0, 0.1) is 5.82 Å². The molecule has 0 aliphatic carbocycles. The minimum Gasteiger partial charge on any atom is -0.487 e. The summed E-state index contributed by atoms with van der Waals surface area (Å²) in [6.07, 6.45) is 1.99. The van der Waals surface area contributed by atoms with Crippen molar-refractivity contribution < 1.29 is 24.1 Å². The average molecular weight is 678 g/mol. The Morgan fingerprint density at radius 1 is 1.04 bits per heavy atom. The Morgan fingerprint density at radius 3 is 2.53 bits per heavy atom. The maximum absolute atomic E-state index is 13.6. The number of halogens is 2. The summed E-state index contributed by atoms with van der Waals surface area (Å²) in [7, 11) is -1.02. The van der Waals surface area contributed by atoms with Gasteiger partial charge < -0.3 is 35.0 Å². The molecule has 47 heavy (non-hydrogen) atoms. The summed E-state index contributed by atoms with van der Waals surface area (Å²) < 4.78 is 19.4. The number of benzene rings is 3.